The Bertz CT molecular complexity index is 2360. The van der Waals surface area contributed by atoms with E-state index in [9.17, 15) is 111 Å². The van der Waals surface area contributed by atoms with Crippen LogP contribution in [-0.2, 0) is 80.8 Å². The number of aliphatic hydroxyl groups excluding tert-OH is 18. The highest BCUT2D eigenvalue weighted by Gasteiger charge is 2.59. The van der Waals surface area contributed by atoms with Gasteiger partial charge in [-0.3, -0.25) is 19.2 Å². The monoisotopic (exact) mass is 1340 g/mol. The van der Waals surface area contributed by atoms with Crippen molar-refractivity contribution in [1.29, 1.82) is 0 Å². The summed E-state index contributed by atoms with van der Waals surface area (Å²) in [5, 5.41) is 209. The van der Waals surface area contributed by atoms with Crippen LogP contribution in [0.15, 0.2) is 0 Å². The van der Waals surface area contributed by atoms with Crippen LogP contribution in [0.5, 0.6) is 0 Å². The molecule has 0 aromatic carbocycles. The smallest absolute Gasteiger partial charge is 0.217 e. The summed E-state index contributed by atoms with van der Waals surface area (Å²) in [5.74, 6) is -3.41. The fraction of sp³-hybridized carbons (Fsp3) is 0.925. The SMILES string of the molecule is CC(=O)NC1C(OC2C(OCC3OC(OC4C(CO)OC(OC5C(CO)OC(C(C)C)C(NC(C)=O)C5O)C(NC(C)=O)C4O)C(O)C(OC4OC(CO)C(O)C(O)C4OC4OC(CO)C(O)C(O)C4NC(C)=O)C3O)OC(CO)C(O)C2O)OC(CO)C(O)C1O. The Labute approximate surface area is 524 Å². The van der Waals surface area contributed by atoms with Crippen LogP contribution in [-0.4, -0.2) is 376 Å². The van der Waals surface area contributed by atoms with Crippen LogP contribution in [0.1, 0.15) is 41.5 Å². The Morgan fingerprint density at radius 3 is 1.03 bits per heavy atom. The molecule has 0 aromatic heterocycles. The van der Waals surface area contributed by atoms with E-state index >= 15 is 0 Å². The lowest BCUT2D eigenvalue weighted by Crippen LogP contribution is -2.71. The molecule has 92 heavy (non-hydrogen) atoms. The normalized spacial score (nSPS) is 46.9. The van der Waals surface area contributed by atoms with E-state index in [0.717, 1.165) is 20.8 Å². The maximum Gasteiger partial charge on any atom is 0.217 e. The van der Waals surface area contributed by atoms with Crippen molar-refractivity contribution in [2.45, 2.75) is 256 Å². The van der Waals surface area contributed by atoms with E-state index in [1.807, 2.05) is 0 Å². The van der Waals surface area contributed by atoms with Crippen LogP contribution in [0, 0.1) is 5.92 Å². The first kappa shape index (κ1) is 76.0. The number of carbonyl (C=O) groups is 4. The minimum absolute atomic E-state index is 0.358. The van der Waals surface area contributed by atoms with E-state index in [1.54, 1.807) is 13.8 Å². The average Bonchev–Trinajstić information content (AvgIpc) is 0.807. The summed E-state index contributed by atoms with van der Waals surface area (Å²) >= 11 is 0. The fourth-order valence-corrected chi connectivity index (χ4v) is 12.1. The van der Waals surface area contributed by atoms with Gasteiger partial charge in [0.25, 0.3) is 0 Å². The first-order valence-electron chi connectivity index (χ1n) is 29.8. The molecular formula is C53H90N4O35. The number of carbonyl (C=O) groups excluding carboxylic acids is 4. The topological polar surface area (TPSA) is 601 Å². The largest absolute Gasteiger partial charge is 0.394 e. The third-order valence-electron chi connectivity index (χ3n) is 16.9. The molecule has 7 fully saturated rings. The summed E-state index contributed by atoms with van der Waals surface area (Å²) in [7, 11) is 0. The van der Waals surface area contributed by atoms with E-state index in [0.29, 0.717) is 0 Å². The molecule has 7 aliphatic heterocycles. The zero-order valence-corrected chi connectivity index (χ0v) is 50.7. The van der Waals surface area contributed by atoms with Crippen molar-refractivity contribution < 1.29 is 173 Å². The molecular weight excluding hydrogens is 1250 g/mol. The second-order valence-electron chi connectivity index (χ2n) is 23.9. The molecule has 39 heteroatoms. The van der Waals surface area contributed by atoms with Crippen LogP contribution in [0.2, 0.25) is 0 Å². The first-order chi connectivity index (χ1) is 43.4. The van der Waals surface area contributed by atoms with Crippen molar-refractivity contribution in [2.24, 2.45) is 5.92 Å². The van der Waals surface area contributed by atoms with Crippen molar-refractivity contribution in [3.05, 3.63) is 0 Å². The lowest BCUT2D eigenvalue weighted by Gasteiger charge is -2.51. The van der Waals surface area contributed by atoms with E-state index < -0.39 is 284 Å². The molecule has 0 aliphatic carbocycles. The molecule has 7 rings (SSSR count). The molecule has 0 radical (unpaired) electrons. The number of aliphatic hydroxyl groups is 18. The summed E-state index contributed by atoms with van der Waals surface area (Å²) in [6.07, 6.45) is -59.7. The van der Waals surface area contributed by atoms with Gasteiger partial charge in [0.2, 0.25) is 23.6 Å². The third-order valence-corrected chi connectivity index (χ3v) is 16.9. The number of rotatable bonds is 24. The molecule has 0 saturated carbocycles. The highest BCUT2D eigenvalue weighted by molar-refractivity contribution is 5.74. The van der Waals surface area contributed by atoms with Gasteiger partial charge in [-0.1, -0.05) is 13.8 Å². The summed E-state index contributed by atoms with van der Waals surface area (Å²) < 4.78 is 77.9. The van der Waals surface area contributed by atoms with Gasteiger partial charge in [-0.05, 0) is 5.92 Å². The van der Waals surface area contributed by atoms with Crippen LogP contribution in [0.3, 0.4) is 0 Å². The van der Waals surface area contributed by atoms with Crippen molar-refractivity contribution in [2.75, 3.05) is 46.2 Å². The Morgan fingerprint density at radius 1 is 0.315 bits per heavy atom. The predicted molar refractivity (Wildman–Crippen MR) is 291 cm³/mol. The zero-order chi connectivity index (χ0) is 68.1. The summed E-state index contributed by atoms with van der Waals surface area (Å²) in [5.41, 5.74) is 0. The Hall–Kier alpha value is -3.36. The van der Waals surface area contributed by atoms with Gasteiger partial charge >= 0.3 is 0 Å². The van der Waals surface area contributed by atoms with Crippen LogP contribution < -0.4 is 21.3 Å². The van der Waals surface area contributed by atoms with Crippen LogP contribution >= 0.6 is 0 Å². The van der Waals surface area contributed by atoms with Crippen molar-refractivity contribution in [3.63, 3.8) is 0 Å². The molecule has 39 nitrogen and oxygen atoms in total. The number of ether oxygens (including phenoxy) is 13. The molecule has 35 atom stereocenters. The molecule has 0 bridgehead atoms. The zero-order valence-electron chi connectivity index (χ0n) is 50.7. The molecule has 7 heterocycles. The van der Waals surface area contributed by atoms with Crippen LogP contribution in [0.25, 0.3) is 0 Å². The molecule has 22 N–H and O–H groups in total. The molecule has 532 valence electrons. The minimum Gasteiger partial charge on any atom is -0.394 e. The van der Waals surface area contributed by atoms with Gasteiger partial charge in [0, 0.05) is 27.7 Å². The molecule has 7 saturated heterocycles. The van der Waals surface area contributed by atoms with Gasteiger partial charge in [-0.15, -0.1) is 0 Å². The van der Waals surface area contributed by atoms with Gasteiger partial charge in [0.15, 0.2) is 37.7 Å². The maximum absolute atomic E-state index is 12.9. The van der Waals surface area contributed by atoms with Crippen molar-refractivity contribution in [1.82, 2.24) is 21.3 Å². The highest BCUT2D eigenvalue weighted by atomic mass is 16.8. The fourth-order valence-electron chi connectivity index (χ4n) is 12.1. The highest BCUT2D eigenvalue weighted by Crippen LogP contribution is 2.38. The van der Waals surface area contributed by atoms with E-state index in [2.05, 4.69) is 21.3 Å². The maximum atomic E-state index is 12.9. The second kappa shape index (κ2) is 33.3. The molecule has 0 aromatic rings. The first-order valence-corrected chi connectivity index (χ1v) is 29.8. The second-order valence-corrected chi connectivity index (χ2v) is 23.9. The molecule has 35 unspecified atom stereocenters. The van der Waals surface area contributed by atoms with E-state index in [1.165, 1.54) is 6.92 Å². The molecule has 7 aliphatic rings. The number of hydrogen-bond donors (Lipinski definition) is 22. The van der Waals surface area contributed by atoms with Gasteiger partial charge in [0.05, 0.1) is 58.4 Å². The number of nitrogens with one attached hydrogen (secondary N) is 4. The van der Waals surface area contributed by atoms with Crippen molar-refractivity contribution >= 4 is 23.6 Å². The average molecular weight is 1340 g/mol. The quantitative estimate of drug-likeness (QED) is 0.0427. The van der Waals surface area contributed by atoms with Gasteiger partial charge in [-0.25, -0.2) is 0 Å². The van der Waals surface area contributed by atoms with Crippen molar-refractivity contribution in [3.8, 4) is 0 Å². The Morgan fingerprint density at radius 2 is 0.620 bits per heavy atom. The summed E-state index contributed by atoms with van der Waals surface area (Å²) in [6.45, 7) is 0.739. The minimum atomic E-state index is -2.43. The third kappa shape index (κ3) is 16.9. The van der Waals surface area contributed by atoms with Crippen LogP contribution in [0.4, 0.5) is 0 Å². The lowest BCUT2D eigenvalue weighted by molar-refractivity contribution is -0.395. The standard InChI is InChI=1S/C53H90N4O35/c1-14(2)42-26(54-15(3)64)37(75)43(23(11-62)81-42)88-50-29(57-18(6)67)38(76)44(24(12-63)86-50)89-51-41(79)45(90-53-47(40(78)33(71)22(10-61)85-53)92-49-28(56-17(5)66)36(74)31(69)20(8-59)83-49)34(72)25(87-51)13-80-52-46(39(77)32(70)21(9-60)84-52)91-48-27(55-16(4)65)35(73)30(68)19(7-58)82-48/h14,19-53,58-63,68-79H,7-13H2,1-6H3,(H,54,64)(H,55,65)(H,56,66)(H,57,67). The van der Waals surface area contributed by atoms with Gasteiger partial charge in [-0.2, -0.15) is 0 Å². The van der Waals surface area contributed by atoms with Gasteiger partial charge in [0.1, 0.15) is 165 Å². The lowest BCUT2D eigenvalue weighted by atomic mass is 9.87. The Balaban J connectivity index is 1.25. The van der Waals surface area contributed by atoms with E-state index in [-0.39, 0.29) is 5.92 Å². The summed E-state index contributed by atoms with van der Waals surface area (Å²) in [4.78, 5) is 50.0. The van der Waals surface area contributed by atoms with E-state index in [4.69, 9.17) is 61.6 Å². The molecule has 4 amide bonds. The molecule has 0 spiro atoms. The number of amides is 4. The van der Waals surface area contributed by atoms with Gasteiger partial charge < -0.3 is 175 Å². The summed E-state index contributed by atoms with van der Waals surface area (Å²) in [6, 6.07) is -6.33. The number of hydrogen-bond acceptors (Lipinski definition) is 35. The Kier molecular flexibility index (Phi) is 27.5. The predicted octanol–water partition coefficient (Wildman–Crippen LogP) is -14.0.